The van der Waals surface area contributed by atoms with E-state index in [0.717, 1.165) is 92.8 Å². The summed E-state index contributed by atoms with van der Waals surface area (Å²) in [5, 5.41) is 85.0. The van der Waals surface area contributed by atoms with Gasteiger partial charge in [-0.05, 0) is 160 Å². The molecule has 1 aromatic rings. The summed E-state index contributed by atoms with van der Waals surface area (Å²) in [7, 11) is 1.92. The van der Waals surface area contributed by atoms with Crippen LogP contribution in [0.15, 0.2) is 42.0 Å². The number of allylic oxidation sites excluding steroid dienone is 2. The topological polar surface area (TPSA) is 177 Å². The lowest BCUT2D eigenvalue weighted by atomic mass is 9.33. The second kappa shape index (κ2) is 17.4. The predicted molar refractivity (Wildman–Crippen MR) is 264 cm³/mol. The molecule has 8 saturated carbocycles. The molecule has 20 atom stereocenters. The van der Waals surface area contributed by atoms with Crippen LogP contribution >= 0.6 is 0 Å². The molecule has 0 unspecified atom stereocenters. The van der Waals surface area contributed by atoms with Crippen LogP contribution in [-0.2, 0) is 27.4 Å². The molecular formula is C60H81NO9. The lowest BCUT2D eigenvalue weighted by molar-refractivity contribution is -0.384. The SMILES string of the molecule is CCCCC[C@H]1CC[C@]2(C1)C[C@]1(C=O)[C@H]3CC[C@@]45CCC#Cc6cccc(CO)c6C[C@H](NC)[C@H]6C[C@@H](C[C@]4(O)[C@]3(O)[C@@H](O)[C@H]3C[C@@H]4[C@H](C=CC[C@H]4C4CCCC4)C[C@@H]([C@H]2O)[C@@]31O)[C@@H]5C1=CC(=O)O[C@@H]16. The van der Waals surface area contributed by atoms with E-state index >= 15 is 4.79 Å². The number of aliphatic hydroxyl groups is 6. The molecule has 10 heteroatoms. The Balaban J connectivity index is 1.04. The third-order valence-corrected chi connectivity index (χ3v) is 23.5. The molecule has 10 aliphatic carbocycles. The molecule has 12 rings (SSSR count). The van der Waals surface area contributed by atoms with Crippen molar-refractivity contribution in [3.8, 4) is 11.8 Å². The van der Waals surface area contributed by atoms with E-state index in [4.69, 9.17) is 4.74 Å². The minimum Gasteiger partial charge on any atom is -0.454 e. The van der Waals surface area contributed by atoms with Crippen LogP contribution in [0.5, 0.6) is 0 Å². The van der Waals surface area contributed by atoms with Crippen molar-refractivity contribution in [3.05, 3.63) is 58.7 Å². The first kappa shape index (κ1) is 48.1. The zero-order valence-corrected chi connectivity index (χ0v) is 41.9. The number of unbranched alkanes of at least 4 members (excludes halogenated alkanes) is 2. The molecule has 7 N–H and O–H groups in total. The number of nitrogens with one attached hydrogen (secondary N) is 1. The van der Waals surface area contributed by atoms with Crippen LogP contribution in [0.2, 0.25) is 0 Å². The van der Waals surface area contributed by atoms with E-state index in [1.165, 1.54) is 12.8 Å². The first-order chi connectivity index (χ1) is 33.8. The van der Waals surface area contributed by atoms with Crippen LogP contribution in [-0.4, -0.2) is 91.1 Å². The molecule has 8 fully saturated rings. The van der Waals surface area contributed by atoms with E-state index in [0.29, 0.717) is 62.7 Å². The number of aldehydes is 1. The number of esters is 1. The second-order valence-corrected chi connectivity index (χ2v) is 25.7. The van der Waals surface area contributed by atoms with Crippen molar-refractivity contribution in [1.82, 2.24) is 5.32 Å². The van der Waals surface area contributed by atoms with Crippen molar-refractivity contribution in [3.63, 3.8) is 0 Å². The summed E-state index contributed by atoms with van der Waals surface area (Å²) in [4.78, 5) is 28.8. The van der Waals surface area contributed by atoms with Crippen molar-refractivity contribution >= 4 is 12.3 Å². The molecule has 1 aliphatic heterocycles. The highest BCUT2D eigenvalue weighted by atomic mass is 16.5. The van der Waals surface area contributed by atoms with E-state index in [-0.39, 0.29) is 61.5 Å². The van der Waals surface area contributed by atoms with Gasteiger partial charge in [0.05, 0.1) is 29.8 Å². The van der Waals surface area contributed by atoms with Crippen LogP contribution in [0.3, 0.4) is 0 Å². The number of carbonyl (C=O) groups is 2. The van der Waals surface area contributed by atoms with Crippen LogP contribution in [0.1, 0.15) is 158 Å². The minimum atomic E-state index is -2.22. The number of hydrogen-bond donors (Lipinski definition) is 7. The minimum absolute atomic E-state index is 0.0480. The van der Waals surface area contributed by atoms with Gasteiger partial charge in [-0.15, -0.1) is 0 Å². The highest BCUT2D eigenvalue weighted by molar-refractivity contribution is 5.86. The van der Waals surface area contributed by atoms with Gasteiger partial charge in [0.25, 0.3) is 0 Å². The molecule has 2 spiro atoms. The van der Waals surface area contributed by atoms with Crippen LogP contribution < -0.4 is 5.32 Å². The summed E-state index contributed by atoms with van der Waals surface area (Å²) in [6.07, 6.45) is 20.7. The number of aliphatic hydroxyl groups excluding tert-OH is 3. The third-order valence-electron chi connectivity index (χ3n) is 23.5. The molecule has 0 saturated heterocycles. The van der Waals surface area contributed by atoms with Gasteiger partial charge in [0.1, 0.15) is 23.6 Å². The highest BCUT2D eigenvalue weighted by Crippen LogP contribution is 2.79. The van der Waals surface area contributed by atoms with Gasteiger partial charge in [-0.1, -0.05) is 94.4 Å². The van der Waals surface area contributed by atoms with E-state index < -0.39 is 75.1 Å². The molecule has 11 aliphatic rings. The average molecular weight is 960 g/mol. The molecule has 0 aromatic heterocycles. The molecule has 70 heavy (non-hydrogen) atoms. The van der Waals surface area contributed by atoms with Crippen molar-refractivity contribution < 1.29 is 45.0 Å². The largest absolute Gasteiger partial charge is 0.454 e. The summed E-state index contributed by atoms with van der Waals surface area (Å²) in [5.41, 5.74) is -5.78. The van der Waals surface area contributed by atoms with Gasteiger partial charge in [-0.2, -0.15) is 0 Å². The molecule has 1 aromatic carbocycles. The molecular weight excluding hydrogens is 879 g/mol. The van der Waals surface area contributed by atoms with Crippen molar-refractivity contribution in [2.45, 2.75) is 196 Å². The number of benzene rings is 1. The summed E-state index contributed by atoms with van der Waals surface area (Å²) in [5.74, 6) is 4.51. The monoisotopic (exact) mass is 960 g/mol. The van der Waals surface area contributed by atoms with Gasteiger partial charge >= 0.3 is 5.97 Å². The Morgan fingerprint density at radius 1 is 0.900 bits per heavy atom. The van der Waals surface area contributed by atoms with Crippen LogP contribution in [0.4, 0.5) is 0 Å². The fraction of sp³-hybridized carbons (Fsp3) is 0.767. The van der Waals surface area contributed by atoms with Crippen LogP contribution in [0, 0.1) is 93.2 Å². The number of likely N-dealkylation sites (N-methyl/N-ethyl adjacent to an activating group) is 1. The number of rotatable bonds is 8. The summed E-state index contributed by atoms with van der Waals surface area (Å²) in [6, 6.07) is 5.67. The van der Waals surface area contributed by atoms with Gasteiger partial charge < -0.3 is 45.5 Å². The Bertz CT molecular complexity index is 2370. The average Bonchev–Trinajstić information content (AvgIpc) is 4.16. The Labute approximate surface area is 415 Å². The molecule has 380 valence electrons. The molecule has 0 amide bonds. The first-order valence-corrected chi connectivity index (χ1v) is 28.2. The van der Waals surface area contributed by atoms with E-state index in [2.05, 4.69) is 36.2 Å². The Kier molecular flexibility index (Phi) is 11.9. The summed E-state index contributed by atoms with van der Waals surface area (Å²) in [6.45, 7) is 2.09. The van der Waals surface area contributed by atoms with Crippen molar-refractivity contribution in [1.29, 1.82) is 0 Å². The summed E-state index contributed by atoms with van der Waals surface area (Å²) < 4.78 is 6.33. The molecule has 1 heterocycles. The van der Waals surface area contributed by atoms with Crippen molar-refractivity contribution in [2.75, 3.05) is 7.05 Å². The van der Waals surface area contributed by atoms with Gasteiger partial charge in [-0.3, -0.25) is 0 Å². The quantitative estimate of drug-likeness (QED) is 0.0462. The maximum atomic E-state index is 15.1. The lowest BCUT2D eigenvalue weighted by Gasteiger charge is -2.74. The number of ether oxygens (including phenoxy) is 1. The fourth-order valence-corrected chi connectivity index (χ4v) is 20.8. The van der Waals surface area contributed by atoms with Gasteiger partial charge in [0, 0.05) is 53.2 Å². The Morgan fingerprint density at radius 3 is 2.49 bits per heavy atom. The zero-order valence-electron chi connectivity index (χ0n) is 41.9. The highest BCUT2D eigenvalue weighted by Gasteiger charge is 2.87. The Hall–Kier alpha value is -2.88. The van der Waals surface area contributed by atoms with Crippen LogP contribution in [0.25, 0.3) is 0 Å². The van der Waals surface area contributed by atoms with Gasteiger partial charge in [0.15, 0.2) is 0 Å². The van der Waals surface area contributed by atoms with Gasteiger partial charge in [-0.25, -0.2) is 4.79 Å². The number of fused-ring (bicyclic) bond motifs is 8. The van der Waals surface area contributed by atoms with E-state index in [9.17, 15) is 35.4 Å². The molecule has 4 bridgehead atoms. The third kappa shape index (κ3) is 6.36. The zero-order chi connectivity index (χ0) is 48.6. The maximum Gasteiger partial charge on any atom is 0.331 e. The standard InChI is InChI=1S/C60H81NO9/c1-3-4-5-12-35-20-23-55(30-35)33-57(34-63)49-21-24-56-22-9-8-15-37-16-10-18-39(32-62)42(37)28-48(61-2)44-25-40(51(56)45-29-50(64)70-52(44)45)31-58(56,67)60(49,69)54(66)47-27-43-38(26-46(53(55)65)59(47,57)68)17-11-19-41(43)36-13-6-7-14-36/h10-11,16-18,29,34-36,38,40-41,43-44,46-49,51-54,61-62,65-69H,3-7,9,12-14,19-28,30-33H2,1-2H3/t35-,38+,40-,41-,43+,44+,46-,47+,48-,49+,51+,52+,53+,54-,55-,56+,57-,58+,59+,60+/m0/s1. The lowest BCUT2D eigenvalue weighted by Crippen LogP contribution is -2.86. The maximum absolute atomic E-state index is 15.1. The number of carbonyl (C=O) groups excluding carboxylic acids is 2. The first-order valence-electron chi connectivity index (χ1n) is 28.2. The molecule has 0 radical (unpaired) electrons. The van der Waals surface area contributed by atoms with E-state index in [1.54, 1.807) is 6.08 Å². The fourth-order valence-electron chi connectivity index (χ4n) is 20.8. The van der Waals surface area contributed by atoms with E-state index in [1.807, 2.05) is 25.2 Å². The Morgan fingerprint density at radius 2 is 1.71 bits per heavy atom. The molecule has 10 nitrogen and oxygen atoms in total. The predicted octanol–water partition coefficient (Wildman–Crippen LogP) is 7.27. The number of hydrogen-bond acceptors (Lipinski definition) is 10. The summed E-state index contributed by atoms with van der Waals surface area (Å²) >= 11 is 0. The smallest absolute Gasteiger partial charge is 0.331 e. The van der Waals surface area contributed by atoms with Gasteiger partial charge in [0.2, 0.25) is 0 Å². The second-order valence-electron chi connectivity index (χ2n) is 25.7. The normalized spacial score (nSPS) is 49.8. The van der Waals surface area contributed by atoms with Crippen molar-refractivity contribution in [2.24, 2.45) is 81.3 Å².